The lowest BCUT2D eigenvalue weighted by Crippen LogP contribution is -2.52. The summed E-state index contributed by atoms with van der Waals surface area (Å²) in [5.74, 6) is 0.824. The second-order valence-electron chi connectivity index (χ2n) is 6.37. The number of aliphatic hydroxyl groups excluding tert-OH is 1. The topological polar surface area (TPSA) is 41.9 Å². The summed E-state index contributed by atoms with van der Waals surface area (Å²) in [6, 6.07) is 14.8. The quantitative estimate of drug-likeness (QED) is 0.921. The Kier molecular flexibility index (Phi) is 5.16. The Hall–Kier alpha value is -1.62. The van der Waals surface area contributed by atoms with E-state index in [0.29, 0.717) is 25.2 Å². The normalized spacial score (nSPS) is 23.8. The fourth-order valence-corrected chi connectivity index (χ4v) is 3.20. The van der Waals surface area contributed by atoms with Crippen LogP contribution < -0.4 is 4.74 Å². The van der Waals surface area contributed by atoms with E-state index in [1.165, 1.54) is 0 Å². The average Bonchev–Trinajstić information content (AvgIpc) is 2.56. The average molecular weight is 315 g/mol. The van der Waals surface area contributed by atoms with Crippen molar-refractivity contribution < 1.29 is 14.6 Å². The van der Waals surface area contributed by atoms with E-state index in [9.17, 15) is 5.11 Å². The number of morpholine rings is 1. The number of nitrogens with zero attached hydrogens (tertiary/aromatic N) is 1. The van der Waals surface area contributed by atoms with E-state index in [0.717, 1.165) is 29.7 Å². The highest BCUT2D eigenvalue weighted by atomic mass is 16.5. The van der Waals surface area contributed by atoms with Crippen LogP contribution in [0.25, 0.3) is 10.8 Å². The molecule has 1 saturated heterocycles. The van der Waals surface area contributed by atoms with Crippen molar-refractivity contribution in [1.82, 2.24) is 4.90 Å². The summed E-state index contributed by atoms with van der Waals surface area (Å²) in [6.45, 7) is 6.62. The maximum Gasteiger partial charge on any atom is 0.127 e. The van der Waals surface area contributed by atoms with Crippen LogP contribution in [0.3, 0.4) is 0 Å². The Labute approximate surface area is 137 Å². The number of aliphatic hydroxyl groups is 1. The first kappa shape index (κ1) is 16.2. The van der Waals surface area contributed by atoms with E-state index < -0.39 is 6.10 Å². The highest BCUT2D eigenvalue weighted by Gasteiger charge is 2.27. The molecular weight excluding hydrogens is 290 g/mol. The van der Waals surface area contributed by atoms with Crippen molar-refractivity contribution in [3.63, 3.8) is 0 Å². The Morgan fingerprint density at radius 3 is 2.61 bits per heavy atom. The van der Waals surface area contributed by atoms with Gasteiger partial charge in [0.25, 0.3) is 0 Å². The molecule has 0 amide bonds. The number of fused-ring (bicyclic) bond motifs is 1. The summed E-state index contributed by atoms with van der Waals surface area (Å²) in [7, 11) is 0. The Morgan fingerprint density at radius 1 is 1.13 bits per heavy atom. The molecule has 2 aromatic carbocycles. The number of β-amino-alcohol motifs (C(OH)–C–C–N with tert-alkyl or cyclic N) is 1. The first-order valence-corrected chi connectivity index (χ1v) is 8.27. The molecule has 1 aliphatic heterocycles. The monoisotopic (exact) mass is 315 g/mol. The van der Waals surface area contributed by atoms with Crippen LogP contribution in [0.4, 0.5) is 0 Å². The summed E-state index contributed by atoms with van der Waals surface area (Å²) in [5.41, 5.74) is 0. The van der Waals surface area contributed by atoms with Crippen molar-refractivity contribution in [3.8, 4) is 5.75 Å². The van der Waals surface area contributed by atoms with Gasteiger partial charge in [0.15, 0.2) is 0 Å². The summed E-state index contributed by atoms with van der Waals surface area (Å²) >= 11 is 0. The van der Waals surface area contributed by atoms with E-state index in [2.05, 4.69) is 30.9 Å². The maximum atomic E-state index is 10.4. The van der Waals surface area contributed by atoms with Crippen molar-refractivity contribution in [2.24, 2.45) is 0 Å². The highest BCUT2D eigenvalue weighted by Crippen LogP contribution is 2.25. The second kappa shape index (κ2) is 7.30. The van der Waals surface area contributed by atoms with Gasteiger partial charge in [-0.15, -0.1) is 0 Å². The zero-order valence-electron chi connectivity index (χ0n) is 13.8. The molecule has 3 atom stereocenters. The number of ether oxygens (including phenoxy) is 2. The fourth-order valence-electron chi connectivity index (χ4n) is 3.20. The van der Waals surface area contributed by atoms with Gasteiger partial charge in [0.05, 0.1) is 13.2 Å². The third-order valence-corrected chi connectivity index (χ3v) is 4.45. The van der Waals surface area contributed by atoms with Gasteiger partial charge >= 0.3 is 0 Å². The van der Waals surface area contributed by atoms with Crippen LogP contribution >= 0.6 is 0 Å². The molecule has 0 bridgehead atoms. The summed E-state index contributed by atoms with van der Waals surface area (Å²) in [5, 5.41) is 12.6. The van der Waals surface area contributed by atoms with Crippen molar-refractivity contribution in [2.45, 2.75) is 32.0 Å². The van der Waals surface area contributed by atoms with Crippen LogP contribution in [-0.2, 0) is 4.74 Å². The van der Waals surface area contributed by atoms with E-state index in [-0.39, 0.29) is 0 Å². The zero-order chi connectivity index (χ0) is 16.2. The fraction of sp³-hybridized carbons (Fsp3) is 0.474. The first-order valence-electron chi connectivity index (χ1n) is 8.27. The minimum Gasteiger partial charge on any atom is -0.490 e. The van der Waals surface area contributed by atoms with Crippen LogP contribution in [-0.4, -0.2) is 54.6 Å². The summed E-state index contributed by atoms with van der Waals surface area (Å²) in [4.78, 5) is 2.29. The Bertz CT molecular complexity index is 630. The molecule has 3 rings (SSSR count). The molecule has 23 heavy (non-hydrogen) atoms. The molecule has 0 aliphatic carbocycles. The van der Waals surface area contributed by atoms with Gasteiger partial charge in [0, 0.05) is 24.0 Å². The standard InChI is InChI=1S/C19H25NO3/c1-14-11-22-12-15(2)20(14)10-17(21)13-23-19-9-5-7-16-6-3-4-8-18(16)19/h3-9,14-15,17,21H,10-13H2,1-2H3. The molecule has 4 nitrogen and oxygen atoms in total. The number of hydrogen-bond acceptors (Lipinski definition) is 4. The van der Waals surface area contributed by atoms with E-state index >= 15 is 0 Å². The SMILES string of the molecule is CC1COCC(C)N1CC(O)COc1cccc2ccccc12. The first-order chi connectivity index (χ1) is 11.1. The largest absolute Gasteiger partial charge is 0.490 e. The molecule has 1 N–H and O–H groups in total. The van der Waals surface area contributed by atoms with Gasteiger partial charge in [-0.05, 0) is 25.3 Å². The van der Waals surface area contributed by atoms with E-state index in [1.54, 1.807) is 0 Å². The predicted octanol–water partition coefficient (Wildman–Crippen LogP) is 2.69. The van der Waals surface area contributed by atoms with Crippen molar-refractivity contribution in [1.29, 1.82) is 0 Å². The number of benzene rings is 2. The van der Waals surface area contributed by atoms with Crippen LogP contribution in [0, 0.1) is 0 Å². The van der Waals surface area contributed by atoms with Crippen LogP contribution in [0.1, 0.15) is 13.8 Å². The molecule has 0 aromatic heterocycles. The number of hydrogen-bond donors (Lipinski definition) is 1. The smallest absolute Gasteiger partial charge is 0.127 e. The molecule has 3 unspecified atom stereocenters. The molecular formula is C19H25NO3. The zero-order valence-corrected chi connectivity index (χ0v) is 13.8. The molecule has 0 saturated carbocycles. The van der Waals surface area contributed by atoms with Gasteiger partial charge in [-0.2, -0.15) is 0 Å². The van der Waals surface area contributed by atoms with E-state index in [1.807, 2.05) is 30.3 Å². The van der Waals surface area contributed by atoms with Gasteiger partial charge in [-0.1, -0.05) is 36.4 Å². The van der Waals surface area contributed by atoms with Crippen molar-refractivity contribution in [3.05, 3.63) is 42.5 Å². The van der Waals surface area contributed by atoms with Gasteiger partial charge in [-0.3, -0.25) is 4.90 Å². The second-order valence-corrected chi connectivity index (χ2v) is 6.37. The molecule has 0 radical (unpaired) electrons. The third kappa shape index (κ3) is 3.83. The summed E-state index contributed by atoms with van der Waals surface area (Å²) < 4.78 is 11.4. The lowest BCUT2D eigenvalue weighted by molar-refractivity contribution is -0.0578. The lowest BCUT2D eigenvalue weighted by Gasteiger charge is -2.39. The summed E-state index contributed by atoms with van der Waals surface area (Å²) in [6.07, 6.45) is -0.517. The minimum absolute atomic E-state index is 0.296. The van der Waals surface area contributed by atoms with Crippen LogP contribution in [0.15, 0.2) is 42.5 Å². The third-order valence-electron chi connectivity index (χ3n) is 4.45. The maximum absolute atomic E-state index is 10.4. The lowest BCUT2D eigenvalue weighted by atomic mass is 10.1. The van der Waals surface area contributed by atoms with Crippen LogP contribution in [0.2, 0.25) is 0 Å². The Balaban J connectivity index is 1.61. The van der Waals surface area contributed by atoms with Gasteiger partial charge in [0.2, 0.25) is 0 Å². The molecule has 1 heterocycles. The van der Waals surface area contributed by atoms with Gasteiger partial charge in [0.1, 0.15) is 18.5 Å². The molecule has 124 valence electrons. The Morgan fingerprint density at radius 2 is 1.83 bits per heavy atom. The van der Waals surface area contributed by atoms with Crippen molar-refractivity contribution in [2.75, 3.05) is 26.4 Å². The van der Waals surface area contributed by atoms with Crippen molar-refractivity contribution >= 4 is 10.8 Å². The molecule has 1 aliphatic rings. The number of rotatable bonds is 5. The van der Waals surface area contributed by atoms with Crippen LogP contribution in [0.5, 0.6) is 5.75 Å². The van der Waals surface area contributed by atoms with E-state index in [4.69, 9.17) is 9.47 Å². The molecule has 0 spiro atoms. The van der Waals surface area contributed by atoms with Gasteiger partial charge < -0.3 is 14.6 Å². The minimum atomic E-state index is -0.517. The van der Waals surface area contributed by atoms with Gasteiger partial charge in [-0.25, -0.2) is 0 Å². The predicted molar refractivity (Wildman–Crippen MR) is 91.9 cm³/mol. The molecule has 2 aromatic rings. The highest BCUT2D eigenvalue weighted by molar-refractivity contribution is 5.88. The molecule has 4 heteroatoms. The molecule has 1 fully saturated rings.